The van der Waals surface area contributed by atoms with Gasteiger partial charge in [0.15, 0.2) is 6.61 Å². The van der Waals surface area contributed by atoms with Gasteiger partial charge in [0.05, 0.1) is 0 Å². The highest BCUT2D eigenvalue weighted by Crippen LogP contribution is 2.26. The van der Waals surface area contributed by atoms with Crippen LogP contribution in [0.3, 0.4) is 0 Å². The van der Waals surface area contributed by atoms with Crippen LogP contribution in [0.4, 0.5) is 0 Å². The minimum Gasteiger partial charge on any atom is -0.485 e. The van der Waals surface area contributed by atoms with Crippen LogP contribution in [0, 0.1) is 6.92 Å². The molecule has 0 saturated carbocycles. The number of hydrogen-bond acceptors (Lipinski definition) is 6. The Balaban J connectivity index is 0.00000240. The molecule has 1 fully saturated rings. The van der Waals surface area contributed by atoms with E-state index in [-0.39, 0.29) is 12.4 Å². The van der Waals surface area contributed by atoms with Crippen LogP contribution in [-0.2, 0) is 13.2 Å². The van der Waals surface area contributed by atoms with E-state index >= 15 is 0 Å². The van der Waals surface area contributed by atoms with E-state index in [2.05, 4.69) is 44.6 Å². The number of nitrogens with one attached hydrogen (secondary N) is 1. The predicted octanol–water partition coefficient (Wildman–Crippen LogP) is 4.18. The summed E-state index contributed by atoms with van der Waals surface area (Å²) in [6, 6.07) is 16.6. The van der Waals surface area contributed by atoms with Gasteiger partial charge in [-0.25, -0.2) is 0 Å². The van der Waals surface area contributed by atoms with Crippen molar-refractivity contribution in [1.29, 1.82) is 0 Å². The fourth-order valence-electron chi connectivity index (χ4n) is 3.45. The quantitative estimate of drug-likeness (QED) is 0.627. The third-order valence-corrected chi connectivity index (χ3v) is 5.07. The minimum absolute atomic E-state index is 0. The third kappa shape index (κ3) is 5.70. The van der Waals surface area contributed by atoms with E-state index in [1.165, 1.54) is 11.1 Å². The van der Waals surface area contributed by atoms with Gasteiger partial charge in [-0.15, -0.1) is 12.4 Å². The van der Waals surface area contributed by atoms with E-state index in [0.717, 1.165) is 37.0 Å². The van der Waals surface area contributed by atoms with Gasteiger partial charge in [0.1, 0.15) is 5.75 Å². The van der Waals surface area contributed by atoms with E-state index in [0.29, 0.717) is 24.4 Å². The van der Waals surface area contributed by atoms with E-state index in [1.807, 2.05) is 24.3 Å². The first-order chi connectivity index (χ1) is 13.7. The Morgan fingerprint density at radius 2 is 2.07 bits per heavy atom. The summed E-state index contributed by atoms with van der Waals surface area (Å²) in [6.45, 7) is 5.84. The number of aromatic nitrogens is 2. The molecule has 2 heterocycles. The molecule has 0 bridgehead atoms. The lowest BCUT2D eigenvalue weighted by Gasteiger charge is -2.36. The van der Waals surface area contributed by atoms with Gasteiger partial charge in [-0.2, -0.15) is 4.98 Å². The first-order valence-corrected chi connectivity index (χ1v) is 9.76. The second-order valence-corrected chi connectivity index (χ2v) is 7.34. The number of aryl methyl sites for hydroxylation is 1. The Bertz CT molecular complexity index is 917. The summed E-state index contributed by atoms with van der Waals surface area (Å²) in [6.07, 6.45) is 0. The van der Waals surface area contributed by atoms with Crippen molar-refractivity contribution < 1.29 is 9.26 Å². The average Bonchev–Trinajstić information content (AvgIpc) is 3.13. The van der Waals surface area contributed by atoms with Crippen LogP contribution in [0.15, 0.2) is 53.1 Å². The smallest absolute Gasteiger partial charge is 0.223 e. The Kier molecular flexibility index (Phi) is 7.50. The van der Waals surface area contributed by atoms with Crippen molar-refractivity contribution in [2.24, 2.45) is 0 Å². The van der Waals surface area contributed by atoms with Crippen molar-refractivity contribution in [3.05, 3.63) is 76.4 Å². The van der Waals surface area contributed by atoms with Gasteiger partial charge < -0.3 is 14.6 Å². The van der Waals surface area contributed by atoms with Gasteiger partial charge in [-0.3, -0.25) is 4.90 Å². The molecule has 6 nitrogen and oxygen atoms in total. The lowest BCUT2D eigenvalue weighted by molar-refractivity contribution is 0.153. The summed E-state index contributed by atoms with van der Waals surface area (Å²) in [5.74, 6) is 1.88. The van der Waals surface area contributed by atoms with Crippen molar-refractivity contribution in [3.63, 3.8) is 0 Å². The largest absolute Gasteiger partial charge is 0.485 e. The van der Waals surface area contributed by atoms with Crippen molar-refractivity contribution in [2.75, 3.05) is 19.6 Å². The number of rotatable bonds is 6. The summed E-state index contributed by atoms with van der Waals surface area (Å²) in [7, 11) is 0. The first kappa shape index (κ1) is 21.6. The molecular formula is C21H24Cl2N4O2. The van der Waals surface area contributed by atoms with E-state index < -0.39 is 0 Å². The molecule has 154 valence electrons. The predicted molar refractivity (Wildman–Crippen MR) is 115 cm³/mol. The van der Waals surface area contributed by atoms with Gasteiger partial charge in [0.2, 0.25) is 11.7 Å². The third-order valence-electron chi connectivity index (χ3n) is 4.83. The summed E-state index contributed by atoms with van der Waals surface area (Å²) in [5.41, 5.74) is 2.49. The molecule has 1 atom stereocenters. The zero-order valence-electron chi connectivity index (χ0n) is 16.2. The molecule has 4 rings (SSSR count). The average molecular weight is 435 g/mol. The van der Waals surface area contributed by atoms with E-state index in [9.17, 15) is 0 Å². The monoisotopic (exact) mass is 434 g/mol. The summed E-state index contributed by atoms with van der Waals surface area (Å²) < 4.78 is 10.7. The van der Waals surface area contributed by atoms with Gasteiger partial charge in [-0.1, -0.05) is 41.0 Å². The van der Waals surface area contributed by atoms with Gasteiger partial charge in [0.25, 0.3) is 0 Å². The molecule has 0 amide bonds. The molecule has 1 aliphatic heterocycles. The van der Waals surface area contributed by atoms with E-state index in [1.54, 1.807) is 6.92 Å². The molecule has 2 aromatic carbocycles. The SMILES string of the molecule is Cc1nc(COc2ccc(CN3CCNCC3c3cccc(Cl)c3)cc2)no1.Cl. The molecule has 1 aromatic heterocycles. The molecule has 1 N–H and O–H groups in total. The highest BCUT2D eigenvalue weighted by molar-refractivity contribution is 6.30. The zero-order chi connectivity index (χ0) is 19.3. The molecule has 29 heavy (non-hydrogen) atoms. The van der Waals surface area contributed by atoms with Gasteiger partial charge in [-0.05, 0) is 35.4 Å². The standard InChI is InChI=1S/C21H23ClN4O2.ClH/c1-15-24-21(25-28-15)14-27-19-7-5-16(6-8-19)13-26-10-9-23-12-20(26)17-3-2-4-18(22)11-17;/h2-8,11,20,23H,9-10,12-14H2,1H3;1H. The maximum atomic E-state index is 6.20. The summed E-state index contributed by atoms with van der Waals surface area (Å²) in [5, 5.41) is 8.10. The van der Waals surface area contributed by atoms with Crippen LogP contribution in [-0.4, -0.2) is 34.7 Å². The fourth-order valence-corrected chi connectivity index (χ4v) is 3.65. The molecular weight excluding hydrogens is 411 g/mol. The molecule has 1 aliphatic rings. The Labute approximate surface area is 181 Å². The maximum absolute atomic E-state index is 6.20. The number of piperazine rings is 1. The topological polar surface area (TPSA) is 63.4 Å². The molecule has 1 saturated heterocycles. The second kappa shape index (κ2) is 10.1. The molecule has 0 radical (unpaired) electrons. The van der Waals surface area contributed by atoms with Crippen molar-refractivity contribution >= 4 is 24.0 Å². The van der Waals surface area contributed by atoms with Gasteiger partial charge >= 0.3 is 0 Å². The minimum atomic E-state index is 0. The molecule has 0 aliphatic carbocycles. The highest BCUT2D eigenvalue weighted by atomic mass is 35.5. The Morgan fingerprint density at radius 1 is 1.24 bits per heavy atom. The van der Waals surface area contributed by atoms with Crippen molar-refractivity contribution in [3.8, 4) is 5.75 Å². The number of halogens is 2. The van der Waals surface area contributed by atoms with Crippen LogP contribution in [0.2, 0.25) is 5.02 Å². The molecule has 3 aromatic rings. The van der Waals surface area contributed by atoms with E-state index in [4.69, 9.17) is 20.9 Å². The number of hydrogen-bond donors (Lipinski definition) is 1. The molecule has 0 spiro atoms. The lowest BCUT2D eigenvalue weighted by atomic mass is 10.0. The number of benzene rings is 2. The summed E-state index contributed by atoms with van der Waals surface area (Å²) >= 11 is 6.20. The highest BCUT2D eigenvalue weighted by Gasteiger charge is 2.23. The van der Waals surface area contributed by atoms with Crippen LogP contribution in [0.25, 0.3) is 0 Å². The molecule has 1 unspecified atom stereocenters. The first-order valence-electron chi connectivity index (χ1n) is 9.38. The van der Waals surface area contributed by atoms with Crippen molar-refractivity contribution in [2.45, 2.75) is 26.1 Å². The molecule has 8 heteroatoms. The normalized spacial score (nSPS) is 17.0. The van der Waals surface area contributed by atoms with Gasteiger partial charge in [0, 0.05) is 44.2 Å². The Hall–Kier alpha value is -2.12. The lowest BCUT2D eigenvalue weighted by Crippen LogP contribution is -2.45. The van der Waals surface area contributed by atoms with Crippen LogP contribution in [0.1, 0.15) is 28.9 Å². The number of nitrogens with zero attached hydrogens (tertiary/aromatic N) is 3. The maximum Gasteiger partial charge on any atom is 0.223 e. The van der Waals surface area contributed by atoms with Crippen LogP contribution < -0.4 is 10.1 Å². The van der Waals surface area contributed by atoms with Crippen LogP contribution in [0.5, 0.6) is 5.75 Å². The van der Waals surface area contributed by atoms with Crippen LogP contribution >= 0.6 is 24.0 Å². The second-order valence-electron chi connectivity index (χ2n) is 6.91. The zero-order valence-corrected chi connectivity index (χ0v) is 17.7. The number of ether oxygens (including phenoxy) is 1. The fraction of sp³-hybridized carbons (Fsp3) is 0.333. The van der Waals surface area contributed by atoms with Crippen molar-refractivity contribution in [1.82, 2.24) is 20.4 Å². The Morgan fingerprint density at radius 3 is 2.79 bits per heavy atom. The summed E-state index contributed by atoms with van der Waals surface area (Å²) in [4.78, 5) is 6.63.